The highest BCUT2D eigenvalue weighted by Gasteiger charge is 2.25. The van der Waals surface area contributed by atoms with Crippen molar-refractivity contribution in [2.45, 2.75) is 32.2 Å². The standard InChI is InChI=1S/C29H29NO5/c1-33-22-10-6-8-20(16-22)19-30-26-13-12-24-18-25(26)27(28(30)29(31)32)21-9-7-11-23(17-21)34-14-4-2-3-5-15-35-24/h6-13,16-18H,2-5,14-15,19H2,1H3,(H,31,32). The van der Waals surface area contributed by atoms with Crippen molar-refractivity contribution in [1.82, 2.24) is 4.57 Å². The van der Waals surface area contributed by atoms with Crippen molar-refractivity contribution < 1.29 is 24.1 Å². The Bertz CT molecular complexity index is 1360. The Morgan fingerprint density at radius 2 is 1.66 bits per heavy atom. The fourth-order valence-corrected chi connectivity index (χ4v) is 4.73. The minimum absolute atomic E-state index is 0.237. The summed E-state index contributed by atoms with van der Waals surface area (Å²) >= 11 is 0. The fourth-order valence-electron chi connectivity index (χ4n) is 4.73. The lowest BCUT2D eigenvalue weighted by molar-refractivity contribution is 0.0687. The largest absolute Gasteiger partial charge is 0.497 e. The van der Waals surface area contributed by atoms with E-state index in [1.165, 1.54) is 0 Å². The first kappa shape index (κ1) is 22.8. The number of aromatic nitrogens is 1. The molecule has 3 aromatic carbocycles. The summed E-state index contributed by atoms with van der Waals surface area (Å²) in [5.74, 6) is 1.25. The molecule has 0 spiro atoms. The predicted molar refractivity (Wildman–Crippen MR) is 136 cm³/mol. The number of carboxylic acid groups (broad SMARTS) is 1. The molecule has 1 aromatic heterocycles. The summed E-state index contributed by atoms with van der Waals surface area (Å²) < 4.78 is 19.3. The number of carbonyl (C=O) groups is 1. The van der Waals surface area contributed by atoms with Gasteiger partial charge < -0.3 is 23.9 Å². The molecule has 0 amide bonds. The molecule has 0 fully saturated rings. The fraction of sp³-hybridized carbons (Fsp3) is 0.276. The number of rotatable bonds is 4. The number of benzene rings is 3. The molecule has 6 heteroatoms. The van der Waals surface area contributed by atoms with Gasteiger partial charge in [-0.05, 0) is 79.3 Å². The first-order valence-corrected chi connectivity index (χ1v) is 12.0. The number of hydrogen-bond donors (Lipinski definition) is 1. The van der Waals surface area contributed by atoms with E-state index in [4.69, 9.17) is 14.2 Å². The third-order valence-corrected chi connectivity index (χ3v) is 6.41. The lowest BCUT2D eigenvalue weighted by atomic mass is 10.0. The molecule has 1 N–H and O–H groups in total. The second-order valence-corrected chi connectivity index (χ2v) is 8.78. The monoisotopic (exact) mass is 471 g/mol. The molecule has 2 heterocycles. The first-order chi connectivity index (χ1) is 17.1. The Morgan fingerprint density at radius 1 is 0.914 bits per heavy atom. The topological polar surface area (TPSA) is 69.9 Å². The van der Waals surface area contributed by atoms with Crippen molar-refractivity contribution in [3.05, 3.63) is 78.0 Å². The van der Waals surface area contributed by atoms with E-state index in [9.17, 15) is 9.90 Å². The van der Waals surface area contributed by atoms with Crippen molar-refractivity contribution in [2.24, 2.45) is 0 Å². The molecule has 0 atom stereocenters. The maximum absolute atomic E-state index is 12.7. The maximum atomic E-state index is 12.7. The molecule has 0 radical (unpaired) electrons. The SMILES string of the molecule is COc1cccc(Cn2c(C(=O)O)c3c4cc(ccc42)OCCCCCCOc2cccc-3c2)c1. The van der Waals surface area contributed by atoms with Gasteiger partial charge in [-0.25, -0.2) is 4.79 Å². The highest BCUT2D eigenvalue weighted by atomic mass is 16.5. The zero-order valence-electron chi connectivity index (χ0n) is 19.8. The molecule has 1 aliphatic rings. The number of aromatic carboxylic acids is 1. The van der Waals surface area contributed by atoms with E-state index >= 15 is 0 Å². The van der Waals surface area contributed by atoms with Crippen molar-refractivity contribution >= 4 is 16.9 Å². The van der Waals surface area contributed by atoms with Crippen molar-refractivity contribution in [3.63, 3.8) is 0 Å². The molecule has 6 nitrogen and oxygen atoms in total. The van der Waals surface area contributed by atoms with E-state index in [-0.39, 0.29) is 5.69 Å². The van der Waals surface area contributed by atoms with Crippen LogP contribution in [0.1, 0.15) is 41.7 Å². The van der Waals surface area contributed by atoms with Gasteiger partial charge in [0.05, 0.1) is 20.3 Å². The summed E-state index contributed by atoms with van der Waals surface area (Å²) in [6.07, 6.45) is 4.10. The van der Waals surface area contributed by atoms with Gasteiger partial charge >= 0.3 is 5.97 Å². The van der Waals surface area contributed by atoms with Gasteiger partial charge in [0.1, 0.15) is 22.9 Å². The molecule has 4 bridgehead atoms. The van der Waals surface area contributed by atoms with E-state index in [0.717, 1.165) is 65.0 Å². The Morgan fingerprint density at radius 3 is 2.40 bits per heavy atom. The van der Waals surface area contributed by atoms with Crippen LogP contribution < -0.4 is 14.2 Å². The molecule has 0 unspecified atom stereocenters. The van der Waals surface area contributed by atoms with Crippen LogP contribution in [-0.2, 0) is 6.54 Å². The van der Waals surface area contributed by atoms with Crippen molar-refractivity contribution in [1.29, 1.82) is 0 Å². The highest BCUT2D eigenvalue weighted by molar-refractivity contribution is 6.08. The van der Waals surface area contributed by atoms with Crippen LogP contribution in [0.3, 0.4) is 0 Å². The van der Waals surface area contributed by atoms with Gasteiger partial charge in [0, 0.05) is 23.0 Å². The average Bonchev–Trinajstić information content (AvgIpc) is 3.19. The summed E-state index contributed by atoms with van der Waals surface area (Å²) in [7, 11) is 1.63. The average molecular weight is 472 g/mol. The molecule has 35 heavy (non-hydrogen) atoms. The summed E-state index contributed by atoms with van der Waals surface area (Å²) in [5, 5.41) is 11.3. The third-order valence-electron chi connectivity index (χ3n) is 6.41. The van der Waals surface area contributed by atoms with E-state index in [1.54, 1.807) is 7.11 Å². The molecular weight excluding hydrogens is 442 g/mol. The number of carboxylic acids is 1. The molecule has 4 aromatic rings. The zero-order valence-corrected chi connectivity index (χ0v) is 19.8. The van der Waals surface area contributed by atoms with Gasteiger partial charge in [-0.3, -0.25) is 0 Å². The number of nitrogens with zero attached hydrogens (tertiary/aromatic N) is 1. The van der Waals surface area contributed by atoms with Crippen LogP contribution in [0.25, 0.3) is 22.0 Å². The minimum Gasteiger partial charge on any atom is -0.497 e. The molecule has 0 saturated carbocycles. The van der Waals surface area contributed by atoms with Gasteiger partial charge in [-0.2, -0.15) is 0 Å². The number of ether oxygens (including phenoxy) is 3. The molecule has 180 valence electrons. The summed E-state index contributed by atoms with van der Waals surface area (Å²) in [6.45, 7) is 1.66. The molecule has 0 saturated heterocycles. The number of methoxy groups -OCH3 is 1. The second kappa shape index (κ2) is 10.1. The highest BCUT2D eigenvalue weighted by Crippen LogP contribution is 2.39. The van der Waals surface area contributed by atoms with E-state index in [1.807, 2.05) is 71.3 Å². The zero-order chi connectivity index (χ0) is 24.2. The molecule has 5 rings (SSSR count). The summed E-state index contributed by atoms with van der Waals surface area (Å²) in [6, 6.07) is 21.3. The summed E-state index contributed by atoms with van der Waals surface area (Å²) in [4.78, 5) is 12.7. The van der Waals surface area contributed by atoms with Gasteiger partial charge in [0.2, 0.25) is 0 Å². The normalized spacial score (nSPS) is 14.0. The first-order valence-electron chi connectivity index (χ1n) is 12.0. The molecule has 1 aliphatic heterocycles. The minimum atomic E-state index is -0.981. The van der Waals surface area contributed by atoms with Crippen LogP contribution in [-0.4, -0.2) is 36.0 Å². The Hall–Kier alpha value is -3.93. The van der Waals surface area contributed by atoms with Crippen LogP contribution in [0, 0.1) is 0 Å². The third kappa shape index (κ3) is 4.83. The van der Waals surface area contributed by atoms with E-state index in [0.29, 0.717) is 25.3 Å². The molecular formula is C29H29NO5. The smallest absolute Gasteiger partial charge is 0.353 e. The van der Waals surface area contributed by atoms with Gasteiger partial charge in [-0.15, -0.1) is 0 Å². The van der Waals surface area contributed by atoms with Crippen LogP contribution in [0.15, 0.2) is 66.7 Å². The van der Waals surface area contributed by atoms with Crippen LogP contribution in [0.2, 0.25) is 0 Å². The van der Waals surface area contributed by atoms with Crippen LogP contribution in [0.5, 0.6) is 17.2 Å². The number of hydrogen-bond acceptors (Lipinski definition) is 4. The van der Waals surface area contributed by atoms with Gasteiger partial charge in [0.15, 0.2) is 0 Å². The van der Waals surface area contributed by atoms with Crippen molar-refractivity contribution in [3.8, 4) is 28.4 Å². The van der Waals surface area contributed by atoms with Crippen molar-refractivity contribution in [2.75, 3.05) is 20.3 Å². The van der Waals surface area contributed by atoms with E-state index < -0.39 is 5.97 Å². The van der Waals surface area contributed by atoms with Crippen LogP contribution >= 0.6 is 0 Å². The van der Waals surface area contributed by atoms with Crippen LogP contribution in [0.4, 0.5) is 0 Å². The Labute approximate surface area is 204 Å². The lowest BCUT2D eigenvalue weighted by Gasteiger charge is -2.12. The Balaban J connectivity index is 1.72. The van der Waals surface area contributed by atoms with E-state index in [2.05, 4.69) is 0 Å². The Kier molecular flexibility index (Phi) is 6.62. The number of fused-ring (bicyclic) bond motifs is 4. The quantitative estimate of drug-likeness (QED) is 0.373. The lowest BCUT2D eigenvalue weighted by Crippen LogP contribution is -2.10. The van der Waals surface area contributed by atoms with Gasteiger partial charge in [-0.1, -0.05) is 24.3 Å². The predicted octanol–water partition coefficient (Wildman–Crippen LogP) is 6.40. The molecule has 0 aliphatic carbocycles. The van der Waals surface area contributed by atoms with Gasteiger partial charge in [0.25, 0.3) is 0 Å². The summed E-state index contributed by atoms with van der Waals surface area (Å²) in [5.41, 5.74) is 3.50. The second-order valence-electron chi connectivity index (χ2n) is 8.78. The maximum Gasteiger partial charge on any atom is 0.353 e.